The molecular formula is C22H24ClF2N3O2. The van der Waals surface area contributed by atoms with Gasteiger partial charge in [0.1, 0.15) is 11.6 Å². The molecule has 0 aliphatic carbocycles. The van der Waals surface area contributed by atoms with Gasteiger partial charge in [0.15, 0.2) is 5.78 Å². The number of likely N-dealkylation sites (tertiary alicyclic amines) is 1. The second kappa shape index (κ2) is 9.10. The monoisotopic (exact) mass is 435 g/mol. The van der Waals surface area contributed by atoms with E-state index in [1.165, 1.54) is 36.1 Å². The number of carbonyl (C=O) groups is 2. The Bertz CT molecular complexity index is 967. The first-order valence-corrected chi connectivity index (χ1v) is 10.0. The first-order chi connectivity index (χ1) is 14.2. The number of benzene rings is 2. The SMILES string of the molecule is CC(=O)c1ccc(CN(C(=O)N2CC[C@H](N(C)C)C2)c2ccc(F)cc2Cl)c(F)c1. The van der Waals surface area contributed by atoms with Crippen molar-refractivity contribution in [2.75, 3.05) is 32.1 Å². The molecule has 30 heavy (non-hydrogen) atoms. The number of rotatable bonds is 5. The first-order valence-electron chi connectivity index (χ1n) is 9.64. The van der Waals surface area contributed by atoms with Crippen LogP contribution in [0.4, 0.5) is 19.3 Å². The molecule has 0 spiro atoms. The van der Waals surface area contributed by atoms with Crippen LogP contribution >= 0.6 is 11.6 Å². The maximum absolute atomic E-state index is 14.7. The number of hydrogen-bond acceptors (Lipinski definition) is 3. The molecule has 0 unspecified atom stereocenters. The van der Waals surface area contributed by atoms with Gasteiger partial charge in [-0.25, -0.2) is 13.6 Å². The van der Waals surface area contributed by atoms with Crippen molar-refractivity contribution in [2.45, 2.75) is 25.9 Å². The highest BCUT2D eigenvalue weighted by Gasteiger charge is 2.32. The highest BCUT2D eigenvalue weighted by molar-refractivity contribution is 6.33. The summed E-state index contributed by atoms with van der Waals surface area (Å²) in [4.78, 5) is 29.9. The minimum atomic E-state index is -0.591. The van der Waals surface area contributed by atoms with Crippen molar-refractivity contribution < 1.29 is 18.4 Å². The number of halogens is 3. The minimum absolute atomic E-state index is 0.0625. The van der Waals surface area contributed by atoms with E-state index in [0.29, 0.717) is 18.8 Å². The minimum Gasteiger partial charge on any atom is -0.323 e. The third-order valence-corrected chi connectivity index (χ3v) is 5.69. The maximum atomic E-state index is 14.7. The summed E-state index contributed by atoms with van der Waals surface area (Å²) < 4.78 is 28.2. The molecule has 160 valence electrons. The molecule has 0 bridgehead atoms. The van der Waals surface area contributed by atoms with Gasteiger partial charge >= 0.3 is 6.03 Å². The Morgan fingerprint density at radius 2 is 1.90 bits per heavy atom. The second-order valence-electron chi connectivity index (χ2n) is 7.68. The van der Waals surface area contributed by atoms with Crippen LogP contribution in [0.2, 0.25) is 5.02 Å². The number of hydrogen-bond donors (Lipinski definition) is 0. The van der Waals surface area contributed by atoms with Crippen molar-refractivity contribution in [3.05, 3.63) is 64.2 Å². The summed E-state index contributed by atoms with van der Waals surface area (Å²) in [6.45, 7) is 2.35. The van der Waals surface area contributed by atoms with Crippen LogP contribution in [-0.2, 0) is 6.54 Å². The number of nitrogens with zero attached hydrogens (tertiary/aromatic N) is 3. The zero-order valence-electron chi connectivity index (χ0n) is 17.2. The van der Waals surface area contributed by atoms with Crippen LogP contribution in [0.25, 0.3) is 0 Å². The molecule has 0 N–H and O–H groups in total. The molecule has 0 radical (unpaired) electrons. The molecule has 0 saturated carbocycles. The lowest BCUT2D eigenvalue weighted by atomic mass is 10.1. The van der Waals surface area contributed by atoms with Crippen LogP contribution in [0.3, 0.4) is 0 Å². The summed E-state index contributed by atoms with van der Waals surface area (Å²) >= 11 is 6.23. The fourth-order valence-electron chi connectivity index (χ4n) is 3.53. The van der Waals surface area contributed by atoms with E-state index < -0.39 is 11.6 Å². The molecule has 1 atom stereocenters. The Kier molecular flexibility index (Phi) is 6.73. The fourth-order valence-corrected chi connectivity index (χ4v) is 3.80. The predicted molar refractivity (Wildman–Crippen MR) is 113 cm³/mol. The van der Waals surface area contributed by atoms with E-state index in [2.05, 4.69) is 4.90 Å². The molecule has 1 heterocycles. The van der Waals surface area contributed by atoms with Crippen LogP contribution < -0.4 is 4.90 Å². The highest BCUT2D eigenvalue weighted by atomic mass is 35.5. The van der Waals surface area contributed by atoms with Gasteiger partial charge < -0.3 is 9.80 Å². The van der Waals surface area contributed by atoms with Crippen molar-refractivity contribution >= 4 is 29.1 Å². The number of anilines is 1. The predicted octanol–water partition coefficient (Wildman–Crippen LogP) is 4.58. The quantitative estimate of drug-likeness (QED) is 0.645. The van der Waals surface area contributed by atoms with Gasteiger partial charge in [-0.05, 0) is 51.7 Å². The maximum Gasteiger partial charge on any atom is 0.324 e. The number of urea groups is 1. The summed E-state index contributed by atoms with van der Waals surface area (Å²) in [5.41, 5.74) is 0.783. The molecule has 2 aromatic rings. The number of Topliss-reactive ketones (excluding diaryl/α,β-unsaturated/α-hetero) is 1. The normalized spacial score (nSPS) is 16.2. The molecule has 3 rings (SSSR count). The van der Waals surface area contributed by atoms with E-state index in [-0.39, 0.29) is 40.6 Å². The summed E-state index contributed by atoms with van der Waals surface area (Å²) in [6.07, 6.45) is 0.825. The molecule has 1 fully saturated rings. The zero-order valence-corrected chi connectivity index (χ0v) is 17.9. The first kappa shape index (κ1) is 22.2. The lowest BCUT2D eigenvalue weighted by molar-refractivity contribution is 0.101. The van der Waals surface area contributed by atoms with Gasteiger partial charge in [0.25, 0.3) is 0 Å². The van der Waals surface area contributed by atoms with Crippen LogP contribution in [0.5, 0.6) is 0 Å². The smallest absolute Gasteiger partial charge is 0.323 e. The molecule has 8 heteroatoms. The largest absolute Gasteiger partial charge is 0.324 e. The third-order valence-electron chi connectivity index (χ3n) is 5.38. The lowest BCUT2D eigenvalue weighted by Gasteiger charge is -2.29. The van der Waals surface area contributed by atoms with Crippen LogP contribution in [0.1, 0.15) is 29.3 Å². The lowest BCUT2D eigenvalue weighted by Crippen LogP contribution is -2.43. The van der Waals surface area contributed by atoms with Crippen LogP contribution in [0.15, 0.2) is 36.4 Å². The Morgan fingerprint density at radius 1 is 1.17 bits per heavy atom. The van der Waals surface area contributed by atoms with Crippen molar-refractivity contribution in [1.82, 2.24) is 9.80 Å². The molecule has 0 aromatic heterocycles. The van der Waals surface area contributed by atoms with E-state index in [4.69, 9.17) is 11.6 Å². The van der Waals surface area contributed by atoms with Crippen molar-refractivity contribution in [1.29, 1.82) is 0 Å². The molecule has 1 aliphatic rings. The summed E-state index contributed by atoms with van der Waals surface area (Å²) in [5, 5.41) is 0.0625. The number of likely N-dealkylation sites (N-methyl/N-ethyl adjacent to an activating group) is 1. The Balaban J connectivity index is 1.94. The summed E-state index contributed by atoms with van der Waals surface area (Å²) in [7, 11) is 3.92. The average Bonchev–Trinajstić information content (AvgIpc) is 3.17. The van der Waals surface area contributed by atoms with Gasteiger partial charge in [-0.2, -0.15) is 0 Å². The van der Waals surface area contributed by atoms with Crippen molar-refractivity contribution in [3.63, 3.8) is 0 Å². The molecule has 1 saturated heterocycles. The highest BCUT2D eigenvalue weighted by Crippen LogP contribution is 2.30. The van der Waals surface area contributed by atoms with Crippen molar-refractivity contribution in [2.24, 2.45) is 0 Å². The zero-order chi connectivity index (χ0) is 22.0. The van der Waals surface area contributed by atoms with Gasteiger partial charge in [-0.3, -0.25) is 9.69 Å². The topological polar surface area (TPSA) is 43.9 Å². The molecule has 2 amide bonds. The van der Waals surface area contributed by atoms with Gasteiger partial charge in [-0.15, -0.1) is 0 Å². The number of amides is 2. The Hall–Kier alpha value is -2.51. The van der Waals surface area contributed by atoms with E-state index in [9.17, 15) is 18.4 Å². The Labute approximate surface area is 179 Å². The summed E-state index contributed by atoms with van der Waals surface area (Å²) in [6, 6.07) is 7.81. The van der Waals surface area contributed by atoms with E-state index in [1.54, 1.807) is 4.90 Å². The van der Waals surface area contributed by atoms with Gasteiger partial charge in [0.2, 0.25) is 0 Å². The van der Waals surface area contributed by atoms with Crippen LogP contribution in [0, 0.1) is 11.6 Å². The van der Waals surface area contributed by atoms with Gasteiger partial charge in [0, 0.05) is 30.3 Å². The number of carbonyl (C=O) groups excluding carboxylic acids is 2. The molecule has 2 aromatic carbocycles. The molecule has 1 aliphatic heterocycles. The van der Waals surface area contributed by atoms with E-state index >= 15 is 0 Å². The summed E-state index contributed by atoms with van der Waals surface area (Å²) in [5.74, 6) is -1.37. The fraction of sp³-hybridized carbons (Fsp3) is 0.364. The van der Waals surface area contributed by atoms with Gasteiger partial charge in [0.05, 0.1) is 17.3 Å². The van der Waals surface area contributed by atoms with Crippen LogP contribution in [-0.4, -0.2) is 54.8 Å². The van der Waals surface area contributed by atoms with Crippen molar-refractivity contribution in [3.8, 4) is 0 Å². The molecular weight excluding hydrogens is 412 g/mol. The molecule has 5 nitrogen and oxygen atoms in total. The standard InChI is InChI=1S/C22H24ClF2N3O2/c1-14(29)15-4-5-16(20(25)10-15)12-28(21-7-6-17(24)11-19(21)23)22(30)27-9-8-18(13-27)26(2)3/h4-7,10-11,18H,8-9,12-13H2,1-3H3/t18-/m0/s1. The number of ketones is 1. The van der Waals surface area contributed by atoms with Gasteiger partial charge in [-0.1, -0.05) is 23.7 Å². The van der Waals surface area contributed by atoms with E-state index in [0.717, 1.165) is 18.6 Å². The Morgan fingerprint density at radius 3 is 2.47 bits per heavy atom. The second-order valence-corrected chi connectivity index (χ2v) is 8.09. The third kappa shape index (κ3) is 4.79. The van der Waals surface area contributed by atoms with E-state index in [1.807, 2.05) is 14.1 Å². The average molecular weight is 436 g/mol.